The Bertz CT molecular complexity index is 1140. The molecule has 32 heavy (non-hydrogen) atoms. The van der Waals surface area contributed by atoms with Crippen LogP contribution in [-0.2, 0) is 11.2 Å². The molecular formula is C26H28F2N2O2. The van der Waals surface area contributed by atoms with Crippen molar-refractivity contribution in [2.45, 2.75) is 47.0 Å². The average molecular weight is 439 g/mol. The van der Waals surface area contributed by atoms with Crippen molar-refractivity contribution in [2.24, 2.45) is 4.99 Å². The maximum absolute atomic E-state index is 13.4. The van der Waals surface area contributed by atoms with E-state index >= 15 is 0 Å². The van der Waals surface area contributed by atoms with E-state index in [1.165, 1.54) is 35.0 Å². The van der Waals surface area contributed by atoms with Gasteiger partial charge in [0.15, 0.2) is 0 Å². The molecule has 0 fully saturated rings. The van der Waals surface area contributed by atoms with Gasteiger partial charge in [-0.3, -0.25) is 9.98 Å². The first-order valence-corrected chi connectivity index (χ1v) is 10.3. The smallest absolute Gasteiger partial charge is 0.333 e. The fourth-order valence-electron chi connectivity index (χ4n) is 3.34. The lowest BCUT2D eigenvalue weighted by Crippen LogP contribution is -2.18. The predicted molar refractivity (Wildman–Crippen MR) is 125 cm³/mol. The first-order valence-electron chi connectivity index (χ1n) is 10.3. The van der Waals surface area contributed by atoms with Crippen LogP contribution in [0.15, 0.2) is 77.2 Å². The molecule has 0 spiro atoms. The molecule has 0 amide bonds. The summed E-state index contributed by atoms with van der Waals surface area (Å²) in [7, 11) is 0. The van der Waals surface area contributed by atoms with Gasteiger partial charge in [-0.15, -0.1) is 0 Å². The van der Waals surface area contributed by atoms with E-state index < -0.39 is 23.2 Å². The summed E-state index contributed by atoms with van der Waals surface area (Å²) in [6.45, 7) is 7.64. The number of hydrogen-bond donors (Lipinski definition) is 1. The Labute approximate surface area is 187 Å². The van der Waals surface area contributed by atoms with Gasteiger partial charge in [0.2, 0.25) is 0 Å². The van der Waals surface area contributed by atoms with Gasteiger partial charge >= 0.3 is 5.97 Å². The highest BCUT2D eigenvalue weighted by Crippen LogP contribution is 2.28. The number of carboxylic acids is 1. The van der Waals surface area contributed by atoms with E-state index in [9.17, 15) is 13.6 Å². The maximum Gasteiger partial charge on any atom is 0.333 e. The van der Waals surface area contributed by atoms with Gasteiger partial charge in [-0.2, -0.15) is 8.78 Å². The zero-order valence-electron chi connectivity index (χ0n) is 19.0. The van der Waals surface area contributed by atoms with Crippen LogP contribution in [0, 0.1) is 6.92 Å². The molecule has 0 aliphatic carbocycles. The molecule has 4 nitrogen and oxygen atoms in total. The minimum Gasteiger partial charge on any atom is -0.478 e. The lowest BCUT2D eigenvalue weighted by atomic mass is 9.99. The van der Waals surface area contributed by atoms with Crippen LogP contribution in [0.1, 0.15) is 44.4 Å². The zero-order valence-corrected chi connectivity index (χ0v) is 19.0. The summed E-state index contributed by atoms with van der Waals surface area (Å²) < 4.78 is 26.9. The number of nitrogens with zero attached hydrogens (tertiary/aromatic N) is 2. The van der Waals surface area contributed by atoms with Crippen molar-refractivity contribution in [3.05, 3.63) is 88.9 Å². The number of aliphatic carboxylic acids is 1. The topological polar surface area (TPSA) is 62.5 Å². The summed E-state index contributed by atoms with van der Waals surface area (Å²) in [5, 5.41) is 11.6. The summed E-state index contributed by atoms with van der Waals surface area (Å²) in [5.74, 6) is -4.74. The third kappa shape index (κ3) is 6.30. The minimum atomic E-state index is -3.33. The number of allylic oxidation sites excluding steroid dienone is 1. The number of aryl methyl sites for hydroxylation is 2. The van der Waals surface area contributed by atoms with Gasteiger partial charge < -0.3 is 5.11 Å². The highest BCUT2D eigenvalue weighted by Gasteiger charge is 2.31. The van der Waals surface area contributed by atoms with Crippen molar-refractivity contribution < 1.29 is 18.7 Å². The number of aromatic nitrogens is 1. The van der Waals surface area contributed by atoms with Gasteiger partial charge in [0.1, 0.15) is 5.70 Å². The molecule has 6 heteroatoms. The first kappa shape index (κ1) is 24.9. The van der Waals surface area contributed by atoms with Crippen LogP contribution in [0.3, 0.4) is 0 Å². The summed E-state index contributed by atoms with van der Waals surface area (Å²) in [4.78, 5) is 18.5. The van der Waals surface area contributed by atoms with Crippen LogP contribution in [-0.4, -0.2) is 27.7 Å². The predicted octanol–water partition coefficient (Wildman–Crippen LogP) is 6.62. The summed E-state index contributed by atoms with van der Waals surface area (Å²) in [5.41, 5.74) is 2.45. The summed E-state index contributed by atoms with van der Waals surface area (Å²) in [6.07, 6.45) is 4.13. The van der Waals surface area contributed by atoms with Crippen LogP contribution in [0.4, 0.5) is 8.78 Å². The molecule has 1 N–H and O–H groups in total. The van der Waals surface area contributed by atoms with Crippen LogP contribution >= 0.6 is 0 Å². The first-order chi connectivity index (χ1) is 15.1. The Balaban J connectivity index is 0.000000242. The van der Waals surface area contributed by atoms with Gasteiger partial charge in [0.25, 0.3) is 5.92 Å². The average Bonchev–Trinajstić information content (AvgIpc) is 2.76. The highest BCUT2D eigenvalue weighted by molar-refractivity contribution is 5.99. The molecule has 0 radical (unpaired) electrons. The zero-order chi connectivity index (χ0) is 23.9. The van der Waals surface area contributed by atoms with E-state index in [0.717, 1.165) is 13.3 Å². The molecule has 2 aromatic carbocycles. The normalized spacial score (nSPS) is 12.7. The van der Waals surface area contributed by atoms with Crippen LogP contribution in [0.5, 0.6) is 0 Å². The van der Waals surface area contributed by atoms with Crippen LogP contribution in [0.2, 0.25) is 0 Å². The number of fused-ring (bicyclic) bond motifs is 1. The van der Waals surface area contributed by atoms with E-state index in [0.29, 0.717) is 12.5 Å². The number of halogens is 2. The molecule has 3 rings (SSSR count). The molecule has 0 saturated heterocycles. The second-order valence-corrected chi connectivity index (χ2v) is 7.55. The fourth-order valence-corrected chi connectivity index (χ4v) is 3.34. The SMILES string of the molecule is CC(=N/C(=C(\C)C(=O)O)C(C)(F)F)c1cccnc1.CCc1cccc2cccc(C)c12. The monoisotopic (exact) mass is 438 g/mol. The number of rotatable bonds is 5. The largest absolute Gasteiger partial charge is 0.478 e. The molecule has 0 saturated carbocycles. The Morgan fingerprint density at radius 1 is 1.09 bits per heavy atom. The summed E-state index contributed by atoms with van der Waals surface area (Å²) in [6, 6.07) is 16.3. The van der Waals surface area contributed by atoms with Gasteiger partial charge in [-0.25, -0.2) is 4.79 Å². The van der Waals surface area contributed by atoms with Crippen molar-refractivity contribution in [3.8, 4) is 0 Å². The van der Waals surface area contributed by atoms with Crippen LogP contribution < -0.4 is 0 Å². The van der Waals surface area contributed by atoms with Crippen molar-refractivity contribution in [3.63, 3.8) is 0 Å². The van der Waals surface area contributed by atoms with Crippen molar-refractivity contribution in [2.75, 3.05) is 0 Å². The van der Waals surface area contributed by atoms with E-state index in [1.54, 1.807) is 18.3 Å². The second-order valence-electron chi connectivity index (χ2n) is 7.55. The number of alkyl halides is 2. The third-order valence-corrected chi connectivity index (χ3v) is 5.03. The Hall–Kier alpha value is -3.41. The van der Waals surface area contributed by atoms with E-state index in [2.05, 4.69) is 60.2 Å². The van der Waals surface area contributed by atoms with E-state index in [4.69, 9.17) is 5.11 Å². The molecule has 0 aliphatic heterocycles. The molecule has 0 aliphatic rings. The molecule has 3 aromatic rings. The Kier molecular flexibility index (Phi) is 8.35. The van der Waals surface area contributed by atoms with Crippen molar-refractivity contribution >= 4 is 22.5 Å². The second kappa shape index (κ2) is 10.8. The Morgan fingerprint density at radius 2 is 1.75 bits per heavy atom. The minimum absolute atomic E-state index is 0.283. The number of carboxylic acid groups (broad SMARTS) is 1. The molecule has 1 heterocycles. The molecule has 0 atom stereocenters. The van der Waals surface area contributed by atoms with Crippen LogP contribution in [0.25, 0.3) is 10.8 Å². The standard InChI is InChI=1S/C13H14F2N2O2.C13H14/c1-8(12(18)19)11(13(3,14)15)17-9(2)10-5-4-6-16-7-10;1-3-11-7-5-9-12-8-4-6-10(2)13(11)12/h4-7H,1-3H3,(H,18,19);4-9H,3H2,1-2H3/b11-8+,17-9?;. The number of pyridine rings is 1. The van der Waals surface area contributed by atoms with Gasteiger partial charge in [-0.1, -0.05) is 49.4 Å². The van der Waals surface area contributed by atoms with Crippen molar-refractivity contribution in [1.82, 2.24) is 4.98 Å². The van der Waals surface area contributed by atoms with E-state index in [1.807, 2.05) is 0 Å². The molecule has 1 aromatic heterocycles. The molecule has 0 unspecified atom stereocenters. The number of hydrogen-bond acceptors (Lipinski definition) is 3. The molecule has 0 bridgehead atoms. The van der Waals surface area contributed by atoms with E-state index in [-0.39, 0.29) is 5.71 Å². The fraction of sp³-hybridized carbons (Fsp3) is 0.269. The number of aliphatic imine (C=N–C) groups is 1. The van der Waals surface area contributed by atoms with Crippen molar-refractivity contribution in [1.29, 1.82) is 0 Å². The summed E-state index contributed by atoms with van der Waals surface area (Å²) >= 11 is 0. The van der Waals surface area contributed by atoms with Gasteiger partial charge in [0.05, 0.1) is 5.57 Å². The molecule has 168 valence electrons. The van der Waals surface area contributed by atoms with Gasteiger partial charge in [0, 0.05) is 30.6 Å². The maximum atomic E-state index is 13.4. The molecular weight excluding hydrogens is 410 g/mol. The number of benzene rings is 2. The third-order valence-electron chi connectivity index (χ3n) is 5.03. The van der Waals surface area contributed by atoms with Gasteiger partial charge in [-0.05, 0) is 55.2 Å². The number of carbonyl (C=O) groups is 1. The lowest BCUT2D eigenvalue weighted by molar-refractivity contribution is -0.132. The lowest BCUT2D eigenvalue weighted by Gasteiger charge is -2.14. The Morgan fingerprint density at radius 3 is 2.28 bits per heavy atom. The quantitative estimate of drug-likeness (QED) is 0.360. The highest BCUT2D eigenvalue weighted by atomic mass is 19.3.